The third kappa shape index (κ3) is 3.58. The van der Waals surface area contributed by atoms with Gasteiger partial charge < -0.3 is 16.4 Å². The summed E-state index contributed by atoms with van der Waals surface area (Å²) in [6, 6.07) is 9.74. The van der Waals surface area contributed by atoms with Crippen molar-refractivity contribution in [1.82, 2.24) is 29.1 Å². The number of hydrogen-bond donors (Lipinski definition) is 3. The third-order valence-corrected chi connectivity index (χ3v) is 6.43. The third-order valence-electron chi connectivity index (χ3n) is 6.43. The molecule has 1 aromatic carbocycles. The Balaban J connectivity index is 1.38. The number of benzene rings is 1. The van der Waals surface area contributed by atoms with E-state index in [4.69, 9.17) is 10.7 Å². The number of nitrogen functional groups attached to an aromatic ring is 1. The minimum absolute atomic E-state index is 0.112. The quantitative estimate of drug-likeness (QED) is 0.364. The van der Waals surface area contributed by atoms with Gasteiger partial charge in [0.25, 0.3) is 5.91 Å². The summed E-state index contributed by atoms with van der Waals surface area (Å²) in [5, 5.41) is 5.90. The second kappa shape index (κ2) is 8.17. The van der Waals surface area contributed by atoms with Crippen LogP contribution in [-0.4, -0.2) is 42.8 Å². The van der Waals surface area contributed by atoms with Crippen LogP contribution in [0.5, 0.6) is 0 Å². The fourth-order valence-electron chi connectivity index (χ4n) is 4.56. The molecule has 0 radical (unpaired) electrons. The van der Waals surface area contributed by atoms with Crippen molar-refractivity contribution in [1.29, 1.82) is 0 Å². The molecule has 0 spiro atoms. The molecular formula is C25H23FN8O. The van der Waals surface area contributed by atoms with E-state index in [1.807, 2.05) is 25.3 Å². The molecule has 1 saturated heterocycles. The number of carbonyl (C=O) groups is 1. The van der Waals surface area contributed by atoms with Crippen molar-refractivity contribution >= 4 is 28.6 Å². The van der Waals surface area contributed by atoms with E-state index in [-0.39, 0.29) is 5.69 Å². The van der Waals surface area contributed by atoms with Crippen molar-refractivity contribution < 1.29 is 9.18 Å². The number of aryl methyl sites for hydroxylation is 1. The Morgan fingerprint density at radius 3 is 2.83 bits per heavy atom. The number of nitrogens with two attached hydrogens (primary N) is 1. The zero-order valence-electron chi connectivity index (χ0n) is 19.0. The van der Waals surface area contributed by atoms with Gasteiger partial charge in [0.1, 0.15) is 40.0 Å². The molecule has 0 aliphatic carbocycles. The molecule has 10 heteroatoms. The van der Waals surface area contributed by atoms with Crippen molar-refractivity contribution in [3.63, 3.8) is 0 Å². The highest BCUT2D eigenvalue weighted by Gasteiger charge is 2.22. The van der Waals surface area contributed by atoms with E-state index in [1.54, 1.807) is 22.7 Å². The van der Waals surface area contributed by atoms with Crippen molar-refractivity contribution in [3.05, 3.63) is 78.0 Å². The molecule has 1 aliphatic heterocycles. The fraction of sp³-hybridized carbons (Fsp3) is 0.200. The molecule has 0 saturated carbocycles. The van der Waals surface area contributed by atoms with Crippen LogP contribution in [-0.2, 0) is 6.42 Å². The number of nitrogens with one attached hydrogen (secondary N) is 2. The van der Waals surface area contributed by atoms with Gasteiger partial charge in [0.15, 0.2) is 0 Å². The lowest BCUT2D eigenvalue weighted by Gasteiger charge is -2.27. The highest BCUT2D eigenvalue weighted by Crippen LogP contribution is 2.30. The Hall–Kier alpha value is -4.31. The van der Waals surface area contributed by atoms with Crippen LogP contribution in [0.4, 0.5) is 15.9 Å². The van der Waals surface area contributed by atoms with E-state index < -0.39 is 11.7 Å². The summed E-state index contributed by atoms with van der Waals surface area (Å²) in [5.41, 5.74) is 10.6. The van der Waals surface area contributed by atoms with Crippen LogP contribution in [0.15, 0.2) is 55.0 Å². The molecule has 5 heterocycles. The van der Waals surface area contributed by atoms with E-state index in [0.717, 1.165) is 42.1 Å². The highest BCUT2D eigenvalue weighted by atomic mass is 19.1. The molecule has 0 unspecified atom stereocenters. The summed E-state index contributed by atoms with van der Waals surface area (Å²) in [5.74, 6) is 0.855. The van der Waals surface area contributed by atoms with Gasteiger partial charge in [-0.25, -0.2) is 19.3 Å². The van der Waals surface area contributed by atoms with Crippen LogP contribution in [0.2, 0.25) is 0 Å². The predicted octanol–water partition coefficient (Wildman–Crippen LogP) is 3.09. The Bertz CT molecular complexity index is 1600. The van der Waals surface area contributed by atoms with Gasteiger partial charge in [-0.1, -0.05) is 12.1 Å². The average Bonchev–Trinajstić information content (AvgIpc) is 3.40. The van der Waals surface area contributed by atoms with Crippen molar-refractivity contribution in [3.8, 4) is 11.3 Å². The number of rotatable bonds is 5. The number of hydrogen-bond acceptors (Lipinski definition) is 6. The van der Waals surface area contributed by atoms with Crippen LogP contribution < -0.4 is 16.4 Å². The van der Waals surface area contributed by atoms with Crippen molar-refractivity contribution in [2.45, 2.75) is 13.3 Å². The number of fused-ring (bicyclic) bond motifs is 2. The second-order valence-corrected chi connectivity index (χ2v) is 8.78. The Morgan fingerprint density at radius 2 is 2.06 bits per heavy atom. The number of pyridine rings is 1. The standard InChI is InChI=1S/C25H23FN8O/c1-14-31-22(23-24(27)30-12-17(34(14)23)8-15-10-28-11-15)16-6-7-33-20(13-29-21(33)9-16)25(35)32-19-5-3-2-4-18(19)26/h2-7,9,12-13,15,28H,8,10-11H2,1H3,(H2,27,30)(H,32,35). The molecule has 5 aromatic rings. The molecule has 1 fully saturated rings. The van der Waals surface area contributed by atoms with Gasteiger partial charge in [0.05, 0.1) is 11.9 Å². The number of amides is 1. The Labute approximate surface area is 199 Å². The molecule has 35 heavy (non-hydrogen) atoms. The highest BCUT2D eigenvalue weighted by molar-refractivity contribution is 6.03. The fourth-order valence-corrected chi connectivity index (χ4v) is 4.56. The first-order valence-electron chi connectivity index (χ1n) is 11.4. The van der Waals surface area contributed by atoms with E-state index in [2.05, 4.69) is 25.0 Å². The first-order chi connectivity index (χ1) is 17.0. The van der Waals surface area contributed by atoms with Gasteiger partial charge in [0.2, 0.25) is 0 Å². The number of imidazole rings is 2. The smallest absolute Gasteiger partial charge is 0.274 e. The maximum Gasteiger partial charge on any atom is 0.274 e. The van der Waals surface area contributed by atoms with Gasteiger partial charge in [-0.2, -0.15) is 0 Å². The lowest BCUT2D eigenvalue weighted by atomic mass is 9.97. The minimum atomic E-state index is -0.502. The number of halogens is 1. The lowest BCUT2D eigenvalue weighted by Crippen LogP contribution is -2.43. The molecular weight excluding hydrogens is 447 g/mol. The summed E-state index contributed by atoms with van der Waals surface area (Å²) in [4.78, 5) is 26.4. The lowest BCUT2D eigenvalue weighted by molar-refractivity contribution is 0.102. The number of para-hydroxylation sites is 1. The van der Waals surface area contributed by atoms with E-state index in [1.165, 1.54) is 18.3 Å². The van der Waals surface area contributed by atoms with E-state index in [0.29, 0.717) is 28.8 Å². The molecule has 6 rings (SSSR count). The predicted molar refractivity (Wildman–Crippen MR) is 131 cm³/mol. The van der Waals surface area contributed by atoms with Crippen molar-refractivity contribution in [2.24, 2.45) is 5.92 Å². The topological polar surface area (TPSA) is 115 Å². The van der Waals surface area contributed by atoms with Gasteiger partial charge in [-0.05, 0) is 56.6 Å². The zero-order chi connectivity index (χ0) is 24.1. The van der Waals surface area contributed by atoms with Gasteiger partial charge in [-0.3, -0.25) is 13.6 Å². The van der Waals surface area contributed by atoms with Gasteiger partial charge in [0, 0.05) is 23.7 Å². The van der Waals surface area contributed by atoms with Gasteiger partial charge in [-0.15, -0.1) is 0 Å². The molecule has 4 N–H and O–H groups in total. The summed E-state index contributed by atoms with van der Waals surface area (Å²) >= 11 is 0. The maximum atomic E-state index is 14.0. The zero-order valence-corrected chi connectivity index (χ0v) is 19.0. The van der Waals surface area contributed by atoms with Crippen LogP contribution in [0.25, 0.3) is 22.4 Å². The molecule has 176 valence electrons. The van der Waals surface area contributed by atoms with Crippen LogP contribution >= 0.6 is 0 Å². The Kier molecular flexibility index (Phi) is 4.96. The number of carbonyl (C=O) groups excluding carboxylic acids is 1. The molecule has 0 atom stereocenters. The number of nitrogens with zero attached hydrogens (tertiary/aromatic N) is 5. The first kappa shape index (κ1) is 21.2. The number of anilines is 2. The normalized spacial score (nSPS) is 13.9. The van der Waals surface area contributed by atoms with E-state index >= 15 is 0 Å². The van der Waals surface area contributed by atoms with E-state index in [9.17, 15) is 9.18 Å². The first-order valence-corrected chi connectivity index (χ1v) is 11.4. The average molecular weight is 471 g/mol. The molecule has 1 amide bonds. The molecule has 0 bridgehead atoms. The summed E-state index contributed by atoms with van der Waals surface area (Å²) < 4.78 is 17.7. The molecule has 9 nitrogen and oxygen atoms in total. The summed E-state index contributed by atoms with van der Waals surface area (Å²) in [6.07, 6.45) is 5.94. The minimum Gasteiger partial charge on any atom is -0.382 e. The summed E-state index contributed by atoms with van der Waals surface area (Å²) in [6.45, 7) is 3.95. The maximum absolute atomic E-state index is 14.0. The Morgan fingerprint density at radius 1 is 1.23 bits per heavy atom. The van der Waals surface area contributed by atoms with Crippen LogP contribution in [0.3, 0.4) is 0 Å². The largest absolute Gasteiger partial charge is 0.382 e. The molecule has 4 aromatic heterocycles. The van der Waals surface area contributed by atoms with Crippen LogP contribution in [0.1, 0.15) is 22.0 Å². The SMILES string of the molecule is Cc1nc(-c2ccn3c(C(=O)Nc4ccccc4F)cnc3c2)c2c(N)ncc(CC3CNC3)n12. The molecule has 1 aliphatic rings. The monoisotopic (exact) mass is 470 g/mol. The summed E-state index contributed by atoms with van der Waals surface area (Å²) in [7, 11) is 0. The van der Waals surface area contributed by atoms with Crippen LogP contribution in [0, 0.1) is 18.7 Å². The van der Waals surface area contributed by atoms with Crippen molar-refractivity contribution in [2.75, 3.05) is 24.1 Å². The van der Waals surface area contributed by atoms with Gasteiger partial charge >= 0.3 is 0 Å². The second-order valence-electron chi connectivity index (χ2n) is 8.78. The number of aromatic nitrogens is 5.